The molecule has 15 heteroatoms. The Hall–Kier alpha value is -3.62. The van der Waals surface area contributed by atoms with Gasteiger partial charge in [0.15, 0.2) is 9.84 Å². The van der Waals surface area contributed by atoms with E-state index in [4.69, 9.17) is 0 Å². The van der Waals surface area contributed by atoms with E-state index in [-0.39, 0.29) is 47.4 Å². The van der Waals surface area contributed by atoms with Crippen LogP contribution in [-0.2, 0) is 26.7 Å². The van der Waals surface area contributed by atoms with E-state index in [0.29, 0.717) is 12.1 Å². The second kappa shape index (κ2) is 10.8. The van der Waals surface area contributed by atoms with E-state index in [1.165, 1.54) is 18.6 Å². The van der Waals surface area contributed by atoms with Crippen molar-refractivity contribution in [2.45, 2.75) is 66.3 Å². The van der Waals surface area contributed by atoms with Crippen molar-refractivity contribution >= 4 is 15.7 Å². The number of carbonyl (C=O) groups excluding carboxylic acids is 1. The molecule has 44 heavy (non-hydrogen) atoms. The lowest BCUT2D eigenvalue weighted by molar-refractivity contribution is -0.348. The highest BCUT2D eigenvalue weighted by Crippen LogP contribution is 2.61. The van der Waals surface area contributed by atoms with Gasteiger partial charge >= 0.3 is 18.0 Å². The van der Waals surface area contributed by atoms with Crippen LogP contribution in [0.5, 0.6) is 0 Å². The number of carbonyl (C=O) groups is 1. The zero-order chi connectivity index (χ0) is 32.3. The second-order valence-corrected chi connectivity index (χ2v) is 13.3. The lowest BCUT2D eigenvalue weighted by atomic mass is 9.71. The van der Waals surface area contributed by atoms with Gasteiger partial charge in [0.2, 0.25) is 0 Å². The average Bonchev–Trinajstić information content (AvgIpc) is 3.38. The van der Waals surface area contributed by atoms with Crippen LogP contribution in [0.1, 0.15) is 53.4 Å². The third kappa shape index (κ3) is 4.83. The molecule has 4 atom stereocenters. The first-order valence-electron chi connectivity index (χ1n) is 13.5. The van der Waals surface area contributed by atoms with E-state index in [1.54, 1.807) is 6.92 Å². The topological polar surface area (TPSA) is 89.0 Å². The maximum absolute atomic E-state index is 15.0. The minimum Gasteiger partial charge on any atom is -0.348 e. The molecule has 1 saturated carbocycles. The summed E-state index contributed by atoms with van der Waals surface area (Å²) < 4.78 is 137. The highest BCUT2D eigenvalue weighted by molar-refractivity contribution is 7.92. The predicted octanol–water partition coefficient (Wildman–Crippen LogP) is 6.37. The monoisotopic (exact) mass is 647 g/mol. The number of rotatable bonds is 6. The first-order valence-corrected chi connectivity index (χ1v) is 15.0. The molecular formula is C29H25F8N3O3S. The normalized spacial score (nSPS) is 23.0. The number of hydrogen-bond donors (Lipinski definition) is 1. The fourth-order valence-electron chi connectivity index (χ4n) is 6.84. The number of aryl methyl sites for hydroxylation is 1. The number of amides is 1. The number of nitrogens with zero attached hydrogens (tertiary/aromatic N) is 2. The Morgan fingerprint density at radius 3 is 2.23 bits per heavy atom. The average molecular weight is 648 g/mol. The maximum Gasteiger partial charge on any atom is 0.435 e. The standard InChI is InChI=1S/C29H25F8N3O3S/c1-16(40-25(41)24-11-13-38-15-39-24)21-10-12-26(44(42,43)20-6-4-19(30)5-7-20)22-9-3-18(14-17(22)2-8-23(21)26)27(31,28(32,33)34)29(35,36)37/h3-7,9,11,13-16,21,23H,2,8,10,12H2,1H3,(H,40,41)/t16?,21-,23-,26+/m0/s1. The molecule has 236 valence electrons. The summed E-state index contributed by atoms with van der Waals surface area (Å²) >= 11 is 0. The van der Waals surface area contributed by atoms with Gasteiger partial charge < -0.3 is 5.32 Å². The summed E-state index contributed by atoms with van der Waals surface area (Å²) in [4.78, 5) is 20.2. The van der Waals surface area contributed by atoms with Crippen LogP contribution in [0.25, 0.3) is 0 Å². The Morgan fingerprint density at radius 2 is 1.64 bits per heavy atom. The molecule has 2 aromatic carbocycles. The Morgan fingerprint density at radius 1 is 0.977 bits per heavy atom. The van der Waals surface area contributed by atoms with Crippen molar-refractivity contribution in [2.75, 3.05) is 0 Å². The molecule has 0 saturated heterocycles. The highest BCUT2D eigenvalue weighted by atomic mass is 32.2. The summed E-state index contributed by atoms with van der Waals surface area (Å²) in [5.74, 6) is -2.56. The first-order chi connectivity index (χ1) is 20.4. The van der Waals surface area contributed by atoms with E-state index in [0.717, 1.165) is 30.3 Å². The van der Waals surface area contributed by atoms with Gasteiger partial charge in [0.1, 0.15) is 22.6 Å². The van der Waals surface area contributed by atoms with Crippen LogP contribution in [0.2, 0.25) is 0 Å². The summed E-state index contributed by atoms with van der Waals surface area (Å²) in [6.07, 6.45) is -10.2. The minimum atomic E-state index is -6.34. The molecule has 6 nitrogen and oxygen atoms in total. The second-order valence-electron chi connectivity index (χ2n) is 11.1. The number of nitrogens with one attached hydrogen (secondary N) is 1. The van der Waals surface area contributed by atoms with E-state index >= 15 is 0 Å². The number of fused-ring (bicyclic) bond motifs is 3. The van der Waals surface area contributed by atoms with E-state index < -0.39 is 67.8 Å². The van der Waals surface area contributed by atoms with Crippen LogP contribution in [0, 0.1) is 17.7 Å². The Kier molecular flexibility index (Phi) is 7.78. The van der Waals surface area contributed by atoms with Gasteiger partial charge in [0.25, 0.3) is 5.91 Å². The van der Waals surface area contributed by atoms with Gasteiger partial charge in [0, 0.05) is 17.8 Å². The quantitative estimate of drug-likeness (QED) is 0.248. The van der Waals surface area contributed by atoms with Crippen molar-refractivity contribution in [2.24, 2.45) is 11.8 Å². The fourth-order valence-corrected chi connectivity index (χ4v) is 9.32. The molecule has 3 aromatic rings. The summed E-state index contributed by atoms with van der Waals surface area (Å²) in [5, 5.41) is 2.80. The Bertz CT molecular complexity index is 1650. The summed E-state index contributed by atoms with van der Waals surface area (Å²) in [7, 11) is -4.48. The molecule has 2 aliphatic carbocycles. The van der Waals surface area contributed by atoms with Crippen LogP contribution in [0.3, 0.4) is 0 Å². The zero-order valence-corrected chi connectivity index (χ0v) is 23.7. The summed E-state index contributed by atoms with van der Waals surface area (Å²) in [5.41, 5.74) is -7.55. The van der Waals surface area contributed by atoms with Crippen molar-refractivity contribution in [1.29, 1.82) is 0 Å². The molecule has 0 spiro atoms. The minimum absolute atomic E-state index is 0.00736. The van der Waals surface area contributed by atoms with Gasteiger partial charge in [-0.3, -0.25) is 4.79 Å². The number of halogens is 8. The van der Waals surface area contributed by atoms with Gasteiger partial charge in [-0.05, 0) is 85.9 Å². The highest BCUT2D eigenvalue weighted by Gasteiger charge is 2.73. The van der Waals surface area contributed by atoms with Crippen LogP contribution < -0.4 is 5.32 Å². The van der Waals surface area contributed by atoms with Gasteiger partial charge in [-0.2, -0.15) is 26.3 Å². The van der Waals surface area contributed by atoms with Crippen molar-refractivity contribution in [3.63, 3.8) is 0 Å². The molecule has 0 radical (unpaired) electrons. The molecule has 1 aromatic heterocycles. The van der Waals surface area contributed by atoms with E-state index in [2.05, 4.69) is 15.3 Å². The van der Waals surface area contributed by atoms with Crippen molar-refractivity contribution in [3.8, 4) is 0 Å². The van der Waals surface area contributed by atoms with Gasteiger partial charge in [0.05, 0.1) is 4.90 Å². The molecule has 5 rings (SSSR count). The Balaban J connectivity index is 1.63. The molecule has 0 bridgehead atoms. The van der Waals surface area contributed by atoms with Crippen LogP contribution in [-0.4, -0.2) is 42.7 Å². The van der Waals surface area contributed by atoms with E-state index in [1.807, 2.05) is 0 Å². The van der Waals surface area contributed by atoms with Gasteiger partial charge in [-0.1, -0.05) is 18.2 Å². The molecule has 2 aliphatic rings. The number of benzene rings is 2. The number of hydrogen-bond acceptors (Lipinski definition) is 5. The summed E-state index contributed by atoms with van der Waals surface area (Å²) in [6, 6.07) is 6.26. The number of sulfone groups is 1. The van der Waals surface area contributed by atoms with Gasteiger partial charge in [-0.15, -0.1) is 0 Å². The van der Waals surface area contributed by atoms with Crippen molar-refractivity contribution in [1.82, 2.24) is 15.3 Å². The van der Waals surface area contributed by atoms with Gasteiger partial charge in [-0.25, -0.2) is 27.2 Å². The molecule has 1 unspecified atom stereocenters. The molecule has 0 aliphatic heterocycles. The third-order valence-corrected chi connectivity index (χ3v) is 11.4. The van der Waals surface area contributed by atoms with Crippen molar-refractivity contribution in [3.05, 3.63) is 89.3 Å². The predicted molar refractivity (Wildman–Crippen MR) is 140 cm³/mol. The number of aromatic nitrogens is 2. The molecule has 1 fully saturated rings. The lowest BCUT2D eigenvalue weighted by Gasteiger charge is -2.44. The van der Waals surface area contributed by atoms with Crippen molar-refractivity contribution < 1.29 is 48.3 Å². The van der Waals surface area contributed by atoms with Crippen LogP contribution in [0.4, 0.5) is 35.1 Å². The molecular weight excluding hydrogens is 622 g/mol. The first kappa shape index (κ1) is 31.8. The number of alkyl halides is 7. The molecule has 1 amide bonds. The van der Waals surface area contributed by atoms with E-state index in [9.17, 15) is 48.3 Å². The summed E-state index contributed by atoms with van der Waals surface area (Å²) in [6.45, 7) is 1.66. The zero-order valence-electron chi connectivity index (χ0n) is 22.9. The maximum atomic E-state index is 15.0. The fraction of sp³-hybridized carbons (Fsp3) is 0.414. The SMILES string of the molecule is CC(NC(=O)c1ccncn1)[C@@H]1CC[C@@]2(S(=O)(=O)c3ccc(F)cc3)c3ccc(C(F)(C(F)(F)F)C(F)(F)F)cc3CC[C@@H]12. The smallest absolute Gasteiger partial charge is 0.348 e. The lowest BCUT2D eigenvalue weighted by Crippen LogP contribution is -2.51. The molecule has 1 N–H and O–H groups in total. The van der Waals surface area contributed by atoms with Crippen LogP contribution in [0.15, 0.2) is 66.0 Å². The third-order valence-electron chi connectivity index (χ3n) is 8.85. The molecule has 1 heterocycles. The largest absolute Gasteiger partial charge is 0.435 e. The van der Waals surface area contributed by atoms with Crippen LogP contribution >= 0.6 is 0 Å². The Labute approximate surface area is 246 Å².